The van der Waals surface area contributed by atoms with Crippen LogP contribution in [0.2, 0.25) is 0 Å². The molecule has 1 amide bonds. The van der Waals surface area contributed by atoms with Crippen LogP contribution in [0.25, 0.3) is 21.9 Å². The molecule has 1 heterocycles. The number of carbonyl (C=O) groups excluding carboxylic acids is 1. The molecule has 32 heavy (non-hydrogen) atoms. The fraction of sp³-hybridized carbons (Fsp3) is 0.346. The Morgan fingerprint density at radius 3 is 2.38 bits per heavy atom. The minimum Gasteiger partial charge on any atom is -0.351 e. The molecular weight excluding hydrogens is 441 g/mol. The molecule has 0 saturated carbocycles. The summed E-state index contributed by atoms with van der Waals surface area (Å²) >= 11 is 0. The van der Waals surface area contributed by atoms with Crippen molar-refractivity contribution < 1.29 is 4.79 Å². The quantitative estimate of drug-likeness (QED) is 0.448. The van der Waals surface area contributed by atoms with Crippen molar-refractivity contribution in [3.63, 3.8) is 0 Å². The van der Waals surface area contributed by atoms with E-state index in [0.29, 0.717) is 12.6 Å². The molecule has 1 unspecified atom stereocenters. The monoisotopic (exact) mass is 473 g/mol. The average Bonchev–Trinajstić information content (AvgIpc) is 3.33. The van der Waals surface area contributed by atoms with Crippen LogP contribution in [0.4, 0.5) is 0 Å². The molecule has 6 heteroatoms. The van der Waals surface area contributed by atoms with Crippen molar-refractivity contribution in [2.45, 2.75) is 25.8 Å². The molecule has 0 aliphatic carbocycles. The Kier molecular flexibility index (Phi) is 9.98. The van der Waals surface area contributed by atoms with Crippen LogP contribution in [0.5, 0.6) is 0 Å². The van der Waals surface area contributed by atoms with Gasteiger partial charge in [-0.3, -0.25) is 9.69 Å². The second-order valence-corrected chi connectivity index (χ2v) is 8.11. The van der Waals surface area contributed by atoms with E-state index in [2.05, 4.69) is 64.9 Å². The summed E-state index contributed by atoms with van der Waals surface area (Å²) in [4.78, 5) is 15.3. The smallest absolute Gasteiger partial charge is 0.251 e. The molecule has 0 bridgehead atoms. The zero-order chi connectivity index (χ0) is 20.9. The van der Waals surface area contributed by atoms with Gasteiger partial charge in [0.1, 0.15) is 0 Å². The highest BCUT2D eigenvalue weighted by Gasteiger charge is 2.20. The number of benzene rings is 3. The van der Waals surface area contributed by atoms with Gasteiger partial charge in [0.15, 0.2) is 0 Å². The van der Waals surface area contributed by atoms with Gasteiger partial charge in [0.25, 0.3) is 5.91 Å². The summed E-state index contributed by atoms with van der Waals surface area (Å²) in [7, 11) is 1.88. The molecule has 0 spiro atoms. The maximum atomic E-state index is 12.7. The van der Waals surface area contributed by atoms with E-state index in [4.69, 9.17) is 0 Å². The number of likely N-dealkylation sites (tertiary alicyclic amines) is 1. The number of nitrogens with zero attached hydrogens (tertiary/aromatic N) is 1. The Balaban J connectivity index is 0.00000181. The Bertz CT molecular complexity index is 1030. The highest BCUT2D eigenvalue weighted by molar-refractivity contribution is 6.10. The van der Waals surface area contributed by atoms with Crippen LogP contribution in [0.1, 0.15) is 41.7 Å². The number of likely N-dealkylation sites (N-methyl/N-ethyl adjacent to an activating group) is 1. The Hall–Kier alpha value is -2.11. The van der Waals surface area contributed by atoms with Crippen molar-refractivity contribution in [3.8, 4) is 11.1 Å². The molecule has 3 aromatic carbocycles. The number of carbonyl (C=O) groups is 1. The number of halogens is 2. The molecular formula is C26H33Cl2N3O. The van der Waals surface area contributed by atoms with E-state index in [1.54, 1.807) is 0 Å². The minimum atomic E-state index is -0.0237. The second-order valence-electron chi connectivity index (χ2n) is 8.11. The first-order chi connectivity index (χ1) is 14.7. The normalized spacial score (nSPS) is 14.4. The van der Waals surface area contributed by atoms with Crippen LogP contribution in [-0.2, 0) is 0 Å². The van der Waals surface area contributed by atoms with Crippen LogP contribution in [0.15, 0.2) is 60.7 Å². The molecule has 1 aliphatic heterocycles. The largest absolute Gasteiger partial charge is 0.351 e. The molecule has 3 aromatic rings. The summed E-state index contributed by atoms with van der Waals surface area (Å²) in [5.41, 5.74) is 4.46. The molecule has 0 aromatic heterocycles. The Labute approximate surface area is 203 Å². The van der Waals surface area contributed by atoms with Gasteiger partial charge in [-0.2, -0.15) is 0 Å². The molecule has 0 radical (unpaired) electrons. The predicted octanol–water partition coefficient (Wildman–Crippen LogP) is 5.46. The van der Waals surface area contributed by atoms with Gasteiger partial charge in [-0.05, 0) is 79.5 Å². The maximum Gasteiger partial charge on any atom is 0.251 e. The summed E-state index contributed by atoms with van der Waals surface area (Å²) in [5.74, 6) is -0.0237. The number of nitrogens with one attached hydrogen (secondary N) is 2. The first kappa shape index (κ1) is 26.1. The third-order valence-electron chi connectivity index (χ3n) is 6.20. The summed E-state index contributed by atoms with van der Waals surface area (Å²) in [5, 5.41) is 8.17. The topological polar surface area (TPSA) is 44.4 Å². The highest BCUT2D eigenvalue weighted by Crippen LogP contribution is 2.33. The molecule has 4 nitrogen and oxygen atoms in total. The summed E-state index contributed by atoms with van der Waals surface area (Å²) in [6, 6.07) is 21.6. The van der Waals surface area contributed by atoms with Crippen molar-refractivity contribution in [1.82, 2.24) is 15.5 Å². The standard InChI is InChI=1S/C26H31N3O.2ClH/c1-19(29-16-3-4-17-29)20-8-5-9-21(18-20)22-10-6-12-24-23(22)11-7-13-25(24)26(30)28-15-14-27-2;;/h5-13,18-19,27H,3-4,14-17H2,1-2H3,(H,28,30);2*1H. The van der Waals surface area contributed by atoms with Crippen LogP contribution >= 0.6 is 24.8 Å². The highest BCUT2D eigenvalue weighted by atomic mass is 35.5. The third kappa shape index (κ3) is 5.62. The van der Waals surface area contributed by atoms with Crippen LogP contribution in [0, 0.1) is 0 Å². The van der Waals surface area contributed by atoms with Gasteiger partial charge >= 0.3 is 0 Å². The van der Waals surface area contributed by atoms with Crippen LogP contribution in [-0.4, -0.2) is 44.0 Å². The fourth-order valence-corrected chi connectivity index (χ4v) is 4.46. The van der Waals surface area contributed by atoms with Crippen LogP contribution < -0.4 is 10.6 Å². The molecule has 1 atom stereocenters. The van der Waals surface area contributed by atoms with Gasteiger partial charge in [0.05, 0.1) is 0 Å². The fourth-order valence-electron chi connectivity index (χ4n) is 4.46. The van der Waals surface area contributed by atoms with E-state index >= 15 is 0 Å². The van der Waals surface area contributed by atoms with E-state index in [-0.39, 0.29) is 30.7 Å². The first-order valence-electron chi connectivity index (χ1n) is 11.0. The van der Waals surface area contributed by atoms with E-state index in [1.807, 2.05) is 25.2 Å². The zero-order valence-electron chi connectivity index (χ0n) is 18.8. The van der Waals surface area contributed by atoms with E-state index in [9.17, 15) is 4.79 Å². The lowest BCUT2D eigenvalue weighted by atomic mass is 9.93. The summed E-state index contributed by atoms with van der Waals surface area (Å²) in [6.45, 7) is 6.05. The zero-order valence-corrected chi connectivity index (χ0v) is 20.4. The van der Waals surface area contributed by atoms with Gasteiger partial charge < -0.3 is 10.6 Å². The van der Waals surface area contributed by atoms with Gasteiger partial charge in [-0.25, -0.2) is 0 Å². The molecule has 2 N–H and O–H groups in total. The molecule has 1 saturated heterocycles. The Morgan fingerprint density at radius 2 is 1.62 bits per heavy atom. The lowest BCUT2D eigenvalue weighted by molar-refractivity contribution is 0.0956. The number of fused-ring (bicyclic) bond motifs is 1. The maximum absolute atomic E-state index is 12.7. The van der Waals surface area contributed by atoms with Crippen molar-refractivity contribution in [3.05, 3.63) is 71.8 Å². The number of amides is 1. The van der Waals surface area contributed by atoms with Crippen molar-refractivity contribution in [2.24, 2.45) is 0 Å². The molecule has 4 rings (SSSR count). The molecule has 172 valence electrons. The predicted molar refractivity (Wildman–Crippen MR) is 139 cm³/mol. The lowest BCUT2D eigenvalue weighted by Gasteiger charge is -2.24. The average molecular weight is 474 g/mol. The third-order valence-corrected chi connectivity index (χ3v) is 6.20. The second kappa shape index (κ2) is 12.2. The van der Waals surface area contributed by atoms with Gasteiger partial charge in [0.2, 0.25) is 0 Å². The molecule has 1 aliphatic rings. The van der Waals surface area contributed by atoms with Crippen molar-refractivity contribution >= 4 is 41.5 Å². The SMILES string of the molecule is CNCCNC(=O)c1cccc2c(-c3cccc(C(C)N4CCCC4)c3)cccc12.Cl.Cl. The summed E-state index contributed by atoms with van der Waals surface area (Å²) < 4.78 is 0. The van der Waals surface area contributed by atoms with Gasteiger partial charge in [0, 0.05) is 24.7 Å². The minimum absolute atomic E-state index is 0. The van der Waals surface area contributed by atoms with Crippen LogP contribution in [0.3, 0.4) is 0 Å². The first-order valence-corrected chi connectivity index (χ1v) is 11.0. The van der Waals surface area contributed by atoms with E-state index in [1.165, 1.54) is 42.6 Å². The summed E-state index contributed by atoms with van der Waals surface area (Å²) in [6.07, 6.45) is 2.60. The van der Waals surface area contributed by atoms with Crippen molar-refractivity contribution in [1.29, 1.82) is 0 Å². The molecule has 1 fully saturated rings. The van der Waals surface area contributed by atoms with Gasteiger partial charge in [-0.15, -0.1) is 24.8 Å². The number of hydrogen-bond donors (Lipinski definition) is 2. The van der Waals surface area contributed by atoms with Crippen molar-refractivity contribution in [2.75, 3.05) is 33.2 Å². The van der Waals surface area contributed by atoms with E-state index < -0.39 is 0 Å². The Morgan fingerprint density at radius 1 is 0.938 bits per heavy atom. The lowest BCUT2D eigenvalue weighted by Crippen LogP contribution is -2.30. The number of hydrogen-bond acceptors (Lipinski definition) is 3. The van der Waals surface area contributed by atoms with Gasteiger partial charge in [-0.1, -0.05) is 48.5 Å². The van der Waals surface area contributed by atoms with E-state index in [0.717, 1.165) is 22.9 Å². The number of rotatable bonds is 7.